The summed E-state index contributed by atoms with van der Waals surface area (Å²) in [6.45, 7) is 3.75. The summed E-state index contributed by atoms with van der Waals surface area (Å²) in [6.07, 6.45) is -3.85. The molecule has 0 radical (unpaired) electrons. The van der Waals surface area contributed by atoms with Crippen LogP contribution < -0.4 is 5.32 Å². The van der Waals surface area contributed by atoms with E-state index in [0.29, 0.717) is 12.0 Å². The van der Waals surface area contributed by atoms with Gasteiger partial charge in [0.1, 0.15) is 6.04 Å². The second-order valence-corrected chi connectivity index (χ2v) is 7.17. The van der Waals surface area contributed by atoms with Crippen molar-refractivity contribution in [2.24, 2.45) is 5.92 Å². The molecule has 1 aromatic heterocycles. The number of nitro benzene ring substituents is 1. The smallest absolute Gasteiger partial charge is 0.340 e. The van der Waals surface area contributed by atoms with Crippen LogP contribution in [0.5, 0.6) is 0 Å². The fourth-order valence-corrected chi connectivity index (χ4v) is 2.93. The van der Waals surface area contributed by atoms with E-state index in [1.165, 1.54) is 24.3 Å². The minimum atomic E-state index is -4.49. The molecule has 1 amide bonds. The predicted octanol–water partition coefficient (Wildman–Crippen LogP) is 5.18. The predicted molar refractivity (Wildman–Crippen MR) is 107 cm³/mol. The number of nitrogens with zero attached hydrogens (tertiary/aromatic N) is 3. The van der Waals surface area contributed by atoms with Gasteiger partial charge in [-0.15, -0.1) is 0 Å². The first-order chi connectivity index (χ1) is 15.1. The number of alkyl halides is 3. The van der Waals surface area contributed by atoms with Gasteiger partial charge in [0.05, 0.1) is 10.5 Å². The maximum atomic E-state index is 12.7. The molecule has 2 atom stereocenters. The number of benzene rings is 2. The average molecular weight is 448 g/mol. The summed E-state index contributed by atoms with van der Waals surface area (Å²) in [5.41, 5.74) is -0.389. The normalized spacial score (nSPS) is 13.4. The number of amides is 1. The second-order valence-electron chi connectivity index (χ2n) is 7.17. The molecular weight excluding hydrogens is 429 g/mol. The van der Waals surface area contributed by atoms with Crippen molar-refractivity contribution in [1.82, 2.24) is 15.5 Å². The molecule has 1 N–H and O–H groups in total. The van der Waals surface area contributed by atoms with Gasteiger partial charge in [0.2, 0.25) is 11.7 Å². The lowest BCUT2D eigenvalue weighted by Gasteiger charge is -2.21. The van der Waals surface area contributed by atoms with E-state index in [9.17, 15) is 28.1 Å². The molecular formula is C21H19F3N4O4. The molecule has 11 heteroatoms. The third-order valence-electron chi connectivity index (χ3n) is 5.02. The molecule has 1 heterocycles. The molecule has 3 rings (SSSR count). The number of hydrogen-bond acceptors (Lipinski definition) is 6. The summed E-state index contributed by atoms with van der Waals surface area (Å²) >= 11 is 0. The molecule has 0 aliphatic heterocycles. The van der Waals surface area contributed by atoms with Gasteiger partial charge in [-0.05, 0) is 42.3 Å². The van der Waals surface area contributed by atoms with Crippen LogP contribution in [0.4, 0.5) is 18.9 Å². The van der Waals surface area contributed by atoms with Gasteiger partial charge < -0.3 is 9.84 Å². The number of halogens is 3. The van der Waals surface area contributed by atoms with Crippen molar-refractivity contribution in [1.29, 1.82) is 0 Å². The number of hydrogen-bond donors (Lipinski definition) is 1. The van der Waals surface area contributed by atoms with Crippen molar-refractivity contribution in [3.05, 3.63) is 75.7 Å². The molecule has 0 aliphatic carbocycles. The number of carbonyl (C=O) groups is 1. The number of nitrogens with one attached hydrogen (secondary N) is 1. The summed E-state index contributed by atoms with van der Waals surface area (Å²) in [4.78, 5) is 27.2. The molecule has 0 spiro atoms. The Labute approximate surface area is 180 Å². The monoisotopic (exact) mass is 448 g/mol. The highest BCUT2D eigenvalue weighted by Gasteiger charge is 2.31. The molecule has 3 aromatic rings. The van der Waals surface area contributed by atoms with Crippen molar-refractivity contribution in [3.63, 3.8) is 0 Å². The quantitative estimate of drug-likeness (QED) is 0.394. The molecule has 8 nitrogen and oxygen atoms in total. The number of aromatic nitrogens is 2. The highest BCUT2D eigenvalue weighted by molar-refractivity contribution is 5.94. The van der Waals surface area contributed by atoms with Crippen LogP contribution in [0.15, 0.2) is 53.1 Å². The minimum absolute atomic E-state index is 0.0569. The molecule has 0 saturated heterocycles. The van der Waals surface area contributed by atoms with E-state index in [4.69, 9.17) is 4.52 Å². The Morgan fingerprint density at radius 2 is 1.78 bits per heavy atom. The Kier molecular flexibility index (Phi) is 6.56. The first-order valence-corrected chi connectivity index (χ1v) is 9.66. The van der Waals surface area contributed by atoms with E-state index in [2.05, 4.69) is 15.5 Å². The average Bonchev–Trinajstić information content (AvgIpc) is 3.26. The number of rotatable bonds is 7. The molecule has 168 valence electrons. The maximum Gasteiger partial charge on any atom is 0.416 e. The number of nitro groups is 1. The molecule has 0 unspecified atom stereocenters. The topological polar surface area (TPSA) is 111 Å². The van der Waals surface area contributed by atoms with Crippen molar-refractivity contribution in [2.45, 2.75) is 32.5 Å². The molecule has 0 aliphatic rings. The largest absolute Gasteiger partial charge is 0.416 e. The van der Waals surface area contributed by atoms with E-state index < -0.39 is 28.6 Å². The first kappa shape index (κ1) is 22.9. The van der Waals surface area contributed by atoms with E-state index in [0.717, 1.165) is 24.3 Å². The summed E-state index contributed by atoms with van der Waals surface area (Å²) in [6, 6.07) is 8.77. The highest BCUT2D eigenvalue weighted by Crippen LogP contribution is 2.30. The minimum Gasteiger partial charge on any atom is -0.340 e. The third kappa shape index (κ3) is 5.10. The van der Waals surface area contributed by atoms with Crippen LogP contribution in [0.3, 0.4) is 0 Å². The van der Waals surface area contributed by atoms with Crippen LogP contribution in [0.1, 0.15) is 48.1 Å². The van der Waals surface area contributed by atoms with Gasteiger partial charge in [-0.3, -0.25) is 14.9 Å². The van der Waals surface area contributed by atoms with Gasteiger partial charge in [-0.2, -0.15) is 18.2 Å². The standard InChI is InChI=1S/C21H19F3N4O4/c1-3-12(2)17(25-19(29)14-4-8-15(9-5-14)21(22,23)24)20-26-18(27-32-20)13-6-10-16(11-7-13)28(30)31/h4-12,17H,3H2,1-2H3,(H,25,29)/t12-,17+/m1/s1. The maximum absolute atomic E-state index is 12.7. The zero-order valence-corrected chi connectivity index (χ0v) is 17.1. The summed E-state index contributed by atoms with van der Waals surface area (Å²) in [5, 5.41) is 17.4. The van der Waals surface area contributed by atoms with Crippen molar-refractivity contribution >= 4 is 11.6 Å². The third-order valence-corrected chi connectivity index (χ3v) is 5.02. The van der Waals surface area contributed by atoms with Crippen LogP contribution in [-0.4, -0.2) is 21.0 Å². The van der Waals surface area contributed by atoms with Gasteiger partial charge in [0.25, 0.3) is 11.6 Å². The van der Waals surface area contributed by atoms with Crippen molar-refractivity contribution in [3.8, 4) is 11.4 Å². The lowest BCUT2D eigenvalue weighted by molar-refractivity contribution is -0.384. The van der Waals surface area contributed by atoms with E-state index in [1.54, 1.807) is 0 Å². The van der Waals surface area contributed by atoms with Crippen LogP contribution >= 0.6 is 0 Å². The Morgan fingerprint density at radius 3 is 2.31 bits per heavy atom. The van der Waals surface area contributed by atoms with Gasteiger partial charge in [-0.1, -0.05) is 25.4 Å². The van der Waals surface area contributed by atoms with Gasteiger partial charge in [0.15, 0.2) is 0 Å². The van der Waals surface area contributed by atoms with Crippen LogP contribution in [0.2, 0.25) is 0 Å². The fourth-order valence-electron chi connectivity index (χ4n) is 2.93. The van der Waals surface area contributed by atoms with Crippen LogP contribution in [0.25, 0.3) is 11.4 Å². The highest BCUT2D eigenvalue weighted by atomic mass is 19.4. The second kappa shape index (κ2) is 9.16. The Hall–Kier alpha value is -3.76. The summed E-state index contributed by atoms with van der Waals surface area (Å²) in [5.74, 6) is -0.405. The number of non-ortho nitro benzene ring substituents is 1. The van der Waals surface area contributed by atoms with Crippen molar-refractivity contribution < 1.29 is 27.4 Å². The van der Waals surface area contributed by atoms with Gasteiger partial charge in [0, 0.05) is 23.3 Å². The molecule has 0 bridgehead atoms. The first-order valence-electron chi connectivity index (χ1n) is 9.66. The fraction of sp³-hybridized carbons (Fsp3) is 0.286. The molecule has 32 heavy (non-hydrogen) atoms. The number of carbonyl (C=O) groups excluding carboxylic acids is 1. The van der Waals surface area contributed by atoms with E-state index >= 15 is 0 Å². The molecule has 0 saturated carbocycles. The molecule has 2 aromatic carbocycles. The van der Waals surface area contributed by atoms with Gasteiger partial charge >= 0.3 is 6.18 Å². The van der Waals surface area contributed by atoms with Crippen LogP contribution in [0, 0.1) is 16.0 Å². The summed E-state index contributed by atoms with van der Waals surface area (Å²) < 4.78 is 43.6. The van der Waals surface area contributed by atoms with Crippen LogP contribution in [-0.2, 0) is 6.18 Å². The lowest BCUT2D eigenvalue weighted by Crippen LogP contribution is -2.32. The van der Waals surface area contributed by atoms with Crippen molar-refractivity contribution in [2.75, 3.05) is 0 Å². The zero-order valence-electron chi connectivity index (χ0n) is 17.1. The SMILES string of the molecule is CC[C@@H](C)[C@H](NC(=O)c1ccc(C(F)(F)F)cc1)c1nc(-c2ccc([N+](=O)[O-])cc2)no1. The summed E-state index contributed by atoms with van der Waals surface area (Å²) in [7, 11) is 0. The Balaban J connectivity index is 1.81. The lowest BCUT2D eigenvalue weighted by atomic mass is 9.98. The Bertz CT molecular complexity index is 1100. The van der Waals surface area contributed by atoms with E-state index in [1.807, 2.05) is 13.8 Å². The van der Waals surface area contributed by atoms with E-state index in [-0.39, 0.29) is 28.9 Å². The molecule has 0 fully saturated rings. The zero-order chi connectivity index (χ0) is 23.5. The Morgan fingerprint density at radius 1 is 1.16 bits per heavy atom. The van der Waals surface area contributed by atoms with Gasteiger partial charge in [-0.25, -0.2) is 0 Å².